The predicted octanol–water partition coefficient (Wildman–Crippen LogP) is 2.49. The van der Waals surface area contributed by atoms with E-state index in [1.165, 1.54) is 11.3 Å². The van der Waals surface area contributed by atoms with Crippen LogP contribution in [0.25, 0.3) is 0 Å². The molecular weight excluding hydrogens is 304 g/mol. The molecule has 0 radical (unpaired) electrons. The van der Waals surface area contributed by atoms with Gasteiger partial charge in [0.1, 0.15) is 5.01 Å². The summed E-state index contributed by atoms with van der Waals surface area (Å²) in [4.78, 5) is 29.8. The number of aromatic nitrogens is 1. The molecule has 0 spiro atoms. The summed E-state index contributed by atoms with van der Waals surface area (Å²) in [7, 11) is 1.64. The number of amides is 1. The lowest BCUT2D eigenvalue weighted by Crippen LogP contribution is -2.31. The summed E-state index contributed by atoms with van der Waals surface area (Å²) >= 11 is 1.37. The highest BCUT2D eigenvalue weighted by atomic mass is 32.1. The van der Waals surface area contributed by atoms with Gasteiger partial charge in [-0.2, -0.15) is 0 Å². The number of methoxy groups -OCH3 is 1. The second-order valence-electron chi connectivity index (χ2n) is 4.76. The van der Waals surface area contributed by atoms with Crippen LogP contribution in [0.4, 0.5) is 0 Å². The van der Waals surface area contributed by atoms with Crippen molar-refractivity contribution >= 4 is 23.2 Å². The monoisotopic (exact) mass is 328 g/mol. The molecule has 6 nitrogen and oxygen atoms in total. The lowest BCUT2D eigenvalue weighted by Gasteiger charge is -2.21. The minimum absolute atomic E-state index is 0.103. The minimum atomic E-state index is -0.421. The van der Waals surface area contributed by atoms with Crippen molar-refractivity contribution in [1.82, 2.24) is 9.88 Å². The highest BCUT2D eigenvalue weighted by Gasteiger charge is 2.17. The number of nitrogens with zero attached hydrogens (tertiary/aromatic N) is 2. The molecule has 0 atom stereocenters. The average molecular weight is 328 g/mol. The third-order valence-electron chi connectivity index (χ3n) is 2.96. The van der Waals surface area contributed by atoms with Crippen molar-refractivity contribution < 1.29 is 19.1 Å². The number of hydrogen-bond acceptors (Lipinski definition) is 6. The molecule has 0 saturated heterocycles. The maximum absolute atomic E-state index is 12.2. The van der Waals surface area contributed by atoms with Gasteiger partial charge < -0.3 is 14.4 Å². The Labute approximate surface area is 135 Å². The molecule has 0 aliphatic carbocycles. The highest BCUT2D eigenvalue weighted by molar-refractivity contribution is 7.09. The first kappa shape index (κ1) is 18.6. The normalized spacial score (nSPS) is 10.5. The highest BCUT2D eigenvalue weighted by Crippen LogP contribution is 2.15. The summed E-state index contributed by atoms with van der Waals surface area (Å²) in [5.41, 5.74) is 0.307. The van der Waals surface area contributed by atoms with Crippen LogP contribution in [0.1, 0.15) is 48.6 Å². The lowest BCUT2D eigenvalue weighted by atomic mass is 10.3. The van der Waals surface area contributed by atoms with E-state index < -0.39 is 5.97 Å². The van der Waals surface area contributed by atoms with E-state index in [4.69, 9.17) is 9.47 Å². The summed E-state index contributed by atoms with van der Waals surface area (Å²) in [6, 6.07) is 0. The third-order valence-corrected chi connectivity index (χ3v) is 3.79. The number of hydrogen-bond donors (Lipinski definition) is 0. The molecule has 22 heavy (non-hydrogen) atoms. The molecule has 0 fully saturated rings. The Kier molecular flexibility index (Phi) is 8.69. The van der Waals surface area contributed by atoms with Gasteiger partial charge >= 0.3 is 5.97 Å². The zero-order chi connectivity index (χ0) is 16.4. The molecule has 0 unspecified atom stereocenters. The molecule has 124 valence electrons. The van der Waals surface area contributed by atoms with E-state index in [0.717, 1.165) is 17.8 Å². The number of thiazole rings is 1. The molecule has 0 N–H and O–H groups in total. The molecule has 1 aromatic rings. The zero-order valence-electron chi connectivity index (χ0n) is 13.5. The van der Waals surface area contributed by atoms with E-state index in [2.05, 4.69) is 4.98 Å². The molecule has 0 bridgehead atoms. The standard InChI is InChI=1S/C15H24N2O4S/c1-4-7-14(18)17(8-6-9-20-3)10-13-16-12(11-22-13)15(19)21-5-2/h11H,4-10H2,1-3H3. The van der Waals surface area contributed by atoms with Crippen molar-refractivity contribution in [3.05, 3.63) is 16.1 Å². The van der Waals surface area contributed by atoms with Gasteiger partial charge in [-0.25, -0.2) is 9.78 Å². The van der Waals surface area contributed by atoms with E-state index in [1.807, 2.05) is 6.92 Å². The van der Waals surface area contributed by atoms with Crippen LogP contribution < -0.4 is 0 Å². The Morgan fingerprint density at radius 2 is 2.14 bits per heavy atom. The number of esters is 1. The number of carbonyl (C=O) groups excluding carboxylic acids is 2. The second-order valence-corrected chi connectivity index (χ2v) is 5.70. The fourth-order valence-electron chi connectivity index (χ4n) is 1.91. The van der Waals surface area contributed by atoms with Gasteiger partial charge in [0.2, 0.25) is 5.91 Å². The third kappa shape index (κ3) is 6.11. The molecule has 0 aliphatic rings. The molecule has 1 heterocycles. The van der Waals surface area contributed by atoms with Gasteiger partial charge in [-0.3, -0.25) is 4.79 Å². The number of rotatable bonds is 10. The van der Waals surface area contributed by atoms with Crippen LogP contribution in [-0.4, -0.2) is 48.6 Å². The molecule has 0 aliphatic heterocycles. The van der Waals surface area contributed by atoms with Gasteiger partial charge in [0, 0.05) is 32.1 Å². The fraction of sp³-hybridized carbons (Fsp3) is 0.667. The fourth-order valence-corrected chi connectivity index (χ4v) is 2.69. The van der Waals surface area contributed by atoms with Crippen LogP contribution in [0.5, 0.6) is 0 Å². The maximum Gasteiger partial charge on any atom is 0.357 e. The van der Waals surface area contributed by atoms with Crippen LogP contribution >= 0.6 is 11.3 Å². The molecule has 0 saturated carbocycles. The second kappa shape index (κ2) is 10.3. The van der Waals surface area contributed by atoms with Gasteiger partial charge in [0.05, 0.1) is 13.2 Å². The van der Waals surface area contributed by atoms with Gasteiger partial charge in [0.15, 0.2) is 5.69 Å². The first-order valence-corrected chi connectivity index (χ1v) is 8.38. The first-order valence-electron chi connectivity index (χ1n) is 7.50. The molecule has 1 rings (SSSR count). The quantitative estimate of drug-likeness (QED) is 0.487. The van der Waals surface area contributed by atoms with Crippen molar-refractivity contribution in [2.45, 2.75) is 39.7 Å². The van der Waals surface area contributed by atoms with Crippen molar-refractivity contribution in [3.63, 3.8) is 0 Å². The van der Waals surface area contributed by atoms with Gasteiger partial charge in [0.25, 0.3) is 0 Å². The van der Waals surface area contributed by atoms with Crippen LogP contribution in [0.2, 0.25) is 0 Å². The minimum Gasteiger partial charge on any atom is -0.461 e. The maximum atomic E-state index is 12.2. The predicted molar refractivity (Wildman–Crippen MR) is 84.9 cm³/mol. The Balaban J connectivity index is 2.67. The van der Waals surface area contributed by atoms with E-state index in [9.17, 15) is 9.59 Å². The summed E-state index contributed by atoms with van der Waals surface area (Å²) < 4.78 is 9.95. The molecular formula is C15H24N2O4S. The van der Waals surface area contributed by atoms with Crippen LogP contribution in [0, 0.1) is 0 Å². The Hall–Kier alpha value is -1.47. The average Bonchev–Trinajstić information content (AvgIpc) is 2.95. The molecule has 7 heteroatoms. The summed E-state index contributed by atoms with van der Waals surface area (Å²) in [5, 5.41) is 2.41. The van der Waals surface area contributed by atoms with Crippen LogP contribution in [-0.2, 0) is 20.8 Å². The van der Waals surface area contributed by atoms with Crippen LogP contribution in [0.3, 0.4) is 0 Å². The van der Waals surface area contributed by atoms with Crippen molar-refractivity contribution in [1.29, 1.82) is 0 Å². The van der Waals surface area contributed by atoms with Crippen molar-refractivity contribution in [2.75, 3.05) is 26.9 Å². The summed E-state index contributed by atoms with van der Waals surface area (Å²) in [6.07, 6.45) is 2.11. The Morgan fingerprint density at radius 3 is 2.77 bits per heavy atom. The van der Waals surface area contributed by atoms with E-state index in [0.29, 0.717) is 38.4 Å². The largest absolute Gasteiger partial charge is 0.461 e. The summed E-state index contributed by atoms with van der Waals surface area (Å²) in [6.45, 7) is 5.72. The number of carbonyl (C=O) groups is 2. The van der Waals surface area contributed by atoms with Crippen molar-refractivity contribution in [3.8, 4) is 0 Å². The first-order chi connectivity index (χ1) is 10.6. The smallest absolute Gasteiger partial charge is 0.357 e. The lowest BCUT2D eigenvalue weighted by molar-refractivity contribution is -0.132. The van der Waals surface area contributed by atoms with E-state index in [1.54, 1.807) is 24.3 Å². The summed E-state index contributed by atoms with van der Waals surface area (Å²) in [5.74, 6) is -0.317. The topological polar surface area (TPSA) is 68.7 Å². The van der Waals surface area contributed by atoms with Gasteiger partial charge in [-0.15, -0.1) is 11.3 Å². The zero-order valence-corrected chi connectivity index (χ0v) is 14.3. The van der Waals surface area contributed by atoms with E-state index in [-0.39, 0.29) is 5.91 Å². The number of ether oxygens (including phenoxy) is 2. The Bertz CT molecular complexity index is 476. The van der Waals surface area contributed by atoms with Crippen LogP contribution in [0.15, 0.2) is 5.38 Å². The van der Waals surface area contributed by atoms with Gasteiger partial charge in [-0.05, 0) is 19.8 Å². The van der Waals surface area contributed by atoms with Crippen molar-refractivity contribution in [2.24, 2.45) is 0 Å². The van der Waals surface area contributed by atoms with E-state index >= 15 is 0 Å². The molecule has 0 aromatic carbocycles. The van der Waals surface area contributed by atoms with Gasteiger partial charge in [-0.1, -0.05) is 6.92 Å². The molecule has 1 amide bonds. The molecule has 1 aromatic heterocycles. The Morgan fingerprint density at radius 1 is 1.36 bits per heavy atom. The SMILES string of the molecule is CCCC(=O)N(CCCOC)Cc1nc(C(=O)OCC)cs1.